The molecule has 3 N–H and O–H groups in total. The van der Waals surface area contributed by atoms with Gasteiger partial charge in [0.1, 0.15) is 15.9 Å². The number of sulfone groups is 1. The average Bonchev–Trinajstić information content (AvgIpc) is 2.24. The van der Waals surface area contributed by atoms with E-state index in [1.54, 1.807) is 6.92 Å². The van der Waals surface area contributed by atoms with Crippen LogP contribution in [0.5, 0.6) is 0 Å². The summed E-state index contributed by atoms with van der Waals surface area (Å²) in [6.45, 7) is 3.09. The fraction of sp³-hybridized carbons (Fsp3) is 0.778. The van der Waals surface area contributed by atoms with Crippen molar-refractivity contribution >= 4 is 21.8 Å². The van der Waals surface area contributed by atoms with E-state index in [-0.39, 0.29) is 18.1 Å². The van der Waals surface area contributed by atoms with Gasteiger partial charge in [0.2, 0.25) is 0 Å². The van der Waals surface area contributed by atoms with Crippen LogP contribution >= 0.6 is 0 Å². The van der Waals surface area contributed by atoms with Gasteiger partial charge in [-0.05, 0) is 13.3 Å². The first kappa shape index (κ1) is 15.7. The lowest BCUT2D eigenvalue weighted by Crippen LogP contribution is -2.44. The van der Waals surface area contributed by atoms with Crippen LogP contribution in [0.3, 0.4) is 0 Å². The van der Waals surface area contributed by atoms with Crippen molar-refractivity contribution in [1.29, 1.82) is 0 Å². The fourth-order valence-corrected chi connectivity index (χ4v) is 1.82. The molecule has 17 heavy (non-hydrogen) atoms. The van der Waals surface area contributed by atoms with Gasteiger partial charge in [-0.1, -0.05) is 6.92 Å². The van der Waals surface area contributed by atoms with Gasteiger partial charge >= 0.3 is 12.0 Å². The topological polar surface area (TPSA) is 113 Å². The molecule has 0 aliphatic carbocycles. The SMILES string of the molecule is CCS(=O)(=O)CCCNC(=O)NC(C)C(=O)O. The summed E-state index contributed by atoms with van der Waals surface area (Å²) >= 11 is 0. The lowest BCUT2D eigenvalue weighted by molar-refractivity contribution is -0.138. The Labute approximate surface area is 101 Å². The monoisotopic (exact) mass is 266 g/mol. The molecule has 2 amide bonds. The minimum atomic E-state index is -3.02. The summed E-state index contributed by atoms with van der Waals surface area (Å²) in [6, 6.07) is -1.59. The van der Waals surface area contributed by atoms with Crippen LogP contribution in [0.4, 0.5) is 4.79 Å². The second kappa shape index (κ2) is 7.10. The smallest absolute Gasteiger partial charge is 0.325 e. The molecule has 0 saturated heterocycles. The third kappa shape index (κ3) is 7.56. The molecule has 0 aliphatic rings. The van der Waals surface area contributed by atoms with Crippen LogP contribution in [0, 0.1) is 0 Å². The molecule has 0 fully saturated rings. The van der Waals surface area contributed by atoms with Crippen LogP contribution in [-0.2, 0) is 14.6 Å². The lowest BCUT2D eigenvalue weighted by Gasteiger charge is -2.10. The first-order valence-corrected chi connectivity index (χ1v) is 7.08. The molecule has 0 aliphatic heterocycles. The Morgan fingerprint density at radius 3 is 2.41 bits per heavy atom. The van der Waals surface area contributed by atoms with Crippen LogP contribution in [0.15, 0.2) is 0 Å². The predicted molar refractivity (Wildman–Crippen MR) is 62.6 cm³/mol. The van der Waals surface area contributed by atoms with Gasteiger partial charge in [-0.2, -0.15) is 0 Å². The summed E-state index contributed by atoms with van der Waals surface area (Å²) in [6.07, 6.45) is 0.311. The summed E-state index contributed by atoms with van der Waals surface area (Å²) in [5, 5.41) is 13.1. The summed E-state index contributed by atoms with van der Waals surface area (Å²) in [5.41, 5.74) is 0. The first-order chi connectivity index (χ1) is 7.78. The maximum atomic E-state index is 11.1. The molecular formula is C9H18N2O5S. The molecule has 0 aromatic rings. The van der Waals surface area contributed by atoms with Gasteiger partial charge in [0.05, 0.1) is 5.75 Å². The van der Waals surface area contributed by atoms with Crippen molar-refractivity contribution in [2.24, 2.45) is 0 Å². The number of hydrogen-bond acceptors (Lipinski definition) is 4. The zero-order valence-corrected chi connectivity index (χ0v) is 10.7. The molecule has 100 valence electrons. The number of nitrogens with one attached hydrogen (secondary N) is 2. The minimum Gasteiger partial charge on any atom is -0.480 e. The highest BCUT2D eigenvalue weighted by Gasteiger charge is 2.13. The van der Waals surface area contributed by atoms with E-state index in [0.717, 1.165) is 0 Å². The fourth-order valence-electron chi connectivity index (χ4n) is 0.948. The van der Waals surface area contributed by atoms with Crippen LogP contribution < -0.4 is 10.6 Å². The third-order valence-electron chi connectivity index (χ3n) is 2.08. The normalized spacial score (nSPS) is 12.8. The van der Waals surface area contributed by atoms with E-state index in [9.17, 15) is 18.0 Å². The number of aliphatic carboxylic acids is 1. The van der Waals surface area contributed by atoms with Crippen LogP contribution in [0.2, 0.25) is 0 Å². The largest absolute Gasteiger partial charge is 0.480 e. The van der Waals surface area contributed by atoms with E-state index in [4.69, 9.17) is 5.11 Å². The quantitative estimate of drug-likeness (QED) is 0.542. The minimum absolute atomic E-state index is 0.0122. The van der Waals surface area contributed by atoms with Gasteiger partial charge in [0.25, 0.3) is 0 Å². The first-order valence-electron chi connectivity index (χ1n) is 5.26. The summed E-state index contributed by atoms with van der Waals surface area (Å²) in [5.74, 6) is -1.04. The van der Waals surface area contributed by atoms with E-state index >= 15 is 0 Å². The zero-order chi connectivity index (χ0) is 13.5. The number of rotatable bonds is 7. The standard InChI is InChI=1S/C9H18N2O5S/c1-3-17(15,16)6-4-5-10-9(14)11-7(2)8(12)13/h7H,3-6H2,1-2H3,(H,12,13)(H2,10,11,14). The molecule has 0 spiro atoms. The highest BCUT2D eigenvalue weighted by atomic mass is 32.2. The number of carbonyl (C=O) groups excluding carboxylic acids is 1. The van der Waals surface area contributed by atoms with Gasteiger partial charge in [-0.3, -0.25) is 4.79 Å². The van der Waals surface area contributed by atoms with Crippen molar-refractivity contribution in [1.82, 2.24) is 10.6 Å². The third-order valence-corrected chi connectivity index (χ3v) is 3.87. The summed E-state index contributed by atoms with van der Waals surface area (Å²) < 4.78 is 22.2. The molecule has 0 saturated carbocycles. The molecule has 0 rings (SSSR count). The van der Waals surface area contributed by atoms with Crippen molar-refractivity contribution < 1.29 is 23.1 Å². The van der Waals surface area contributed by atoms with E-state index in [1.165, 1.54) is 6.92 Å². The molecule has 8 heteroatoms. The van der Waals surface area contributed by atoms with Crippen molar-refractivity contribution in [3.8, 4) is 0 Å². The summed E-state index contributed by atoms with van der Waals surface area (Å²) in [4.78, 5) is 21.5. The Balaban J connectivity index is 3.76. The Morgan fingerprint density at radius 1 is 1.35 bits per heavy atom. The molecule has 0 heterocycles. The molecule has 7 nitrogen and oxygen atoms in total. The second-order valence-corrected chi connectivity index (χ2v) is 6.02. The maximum Gasteiger partial charge on any atom is 0.325 e. The maximum absolute atomic E-state index is 11.1. The highest BCUT2D eigenvalue weighted by molar-refractivity contribution is 7.91. The van der Waals surface area contributed by atoms with E-state index < -0.39 is 27.9 Å². The predicted octanol–water partition coefficient (Wildman–Crippen LogP) is -0.416. The Kier molecular flexibility index (Phi) is 6.55. The van der Waals surface area contributed by atoms with Crippen molar-refractivity contribution in [2.75, 3.05) is 18.1 Å². The van der Waals surface area contributed by atoms with Gasteiger partial charge in [-0.15, -0.1) is 0 Å². The number of carbonyl (C=O) groups is 2. The molecule has 0 aromatic carbocycles. The molecule has 0 radical (unpaired) electrons. The van der Waals surface area contributed by atoms with Gasteiger partial charge in [0, 0.05) is 12.3 Å². The summed E-state index contributed by atoms with van der Waals surface area (Å²) in [7, 11) is -3.02. The van der Waals surface area contributed by atoms with E-state index in [2.05, 4.69) is 10.6 Å². The number of amides is 2. The zero-order valence-electron chi connectivity index (χ0n) is 9.89. The van der Waals surface area contributed by atoms with Gasteiger partial charge < -0.3 is 15.7 Å². The molecule has 1 atom stereocenters. The van der Waals surface area contributed by atoms with Gasteiger partial charge in [-0.25, -0.2) is 13.2 Å². The van der Waals surface area contributed by atoms with Crippen LogP contribution in [0.25, 0.3) is 0 Å². The Morgan fingerprint density at radius 2 is 1.94 bits per heavy atom. The Bertz CT molecular complexity index is 366. The van der Waals surface area contributed by atoms with Crippen molar-refractivity contribution in [3.05, 3.63) is 0 Å². The van der Waals surface area contributed by atoms with E-state index in [1.807, 2.05) is 0 Å². The van der Waals surface area contributed by atoms with E-state index in [0.29, 0.717) is 6.42 Å². The van der Waals surface area contributed by atoms with Gasteiger partial charge in [0.15, 0.2) is 0 Å². The molecule has 0 bridgehead atoms. The number of hydrogen-bond donors (Lipinski definition) is 3. The number of urea groups is 1. The van der Waals surface area contributed by atoms with Crippen LogP contribution in [-0.4, -0.2) is 49.6 Å². The van der Waals surface area contributed by atoms with Crippen LogP contribution in [0.1, 0.15) is 20.3 Å². The Hall–Kier alpha value is -1.31. The number of carboxylic acid groups (broad SMARTS) is 1. The average molecular weight is 266 g/mol. The van der Waals surface area contributed by atoms with Crippen molar-refractivity contribution in [2.45, 2.75) is 26.3 Å². The van der Waals surface area contributed by atoms with Crippen molar-refractivity contribution in [3.63, 3.8) is 0 Å². The lowest BCUT2D eigenvalue weighted by atomic mass is 10.3. The molecular weight excluding hydrogens is 248 g/mol. The molecule has 0 aromatic heterocycles. The highest BCUT2D eigenvalue weighted by Crippen LogP contribution is 1.92. The number of carboxylic acids is 1. The molecule has 1 unspecified atom stereocenters. The second-order valence-electron chi connectivity index (χ2n) is 3.55.